The molecule has 8 nitrogen and oxygen atoms in total. The number of carbonyl (C=O) groups excluding carboxylic acids is 1. The first-order chi connectivity index (χ1) is 15.1. The molecule has 2 aromatic rings. The monoisotopic (exact) mass is 427 g/mol. The summed E-state index contributed by atoms with van der Waals surface area (Å²) in [6.45, 7) is 1.83. The van der Waals surface area contributed by atoms with Crippen molar-refractivity contribution in [1.29, 1.82) is 0 Å². The molecular weight excluding hydrogens is 398 g/mol. The maximum Gasteiger partial charge on any atom is 0.312 e. The van der Waals surface area contributed by atoms with Gasteiger partial charge in [-0.3, -0.25) is 9.69 Å². The van der Waals surface area contributed by atoms with Gasteiger partial charge in [-0.25, -0.2) is 0 Å². The number of carbonyl (C=O) groups is 1. The van der Waals surface area contributed by atoms with Gasteiger partial charge >= 0.3 is 5.97 Å². The summed E-state index contributed by atoms with van der Waals surface area (Å²) in [6.07, 6.45) is 1.89. The van der Waals surface area contributed by atoms with Gasteiger partial charge < -0.3 is 24.4 Å². The van der Waals surface area contributed by atoms with Crippen molar-refractivity contribution in [1.82, 2.24) is 9.88 Å². The van der Waals surface area contributed by atoms with E-state index in [2.05, 4.69) is 21.1 Å². The number of benzene rings is 1. The Morgan fingerprint density at radius 2 is 2.13 bits per heavy atom. The van der Waals surface area contributed by atoms with Crippen molar-refractivity contribution in [2.75, 3.05) is 34.4 Å². The Bertz CT molecular complexity index is 1030. The van der Waals surface area contributed by atoms with Gasteiger partial charge in [0, 0.05) is 42.9 Å². The molecule has 3 heterocycles. The van der Waals surface area contributed by atoms with Crippen molar-refractivity contribution in [2.45, 2.75) is 31.4 Å². The van der Waals surface area contributed by atoms with E-state index in [1.807, 2.05) is 12.1 Å². The average Bonchev–Trinajstić information content (AvgIpc) is 3.19. The Kier molecular flexibility index (Phi) is 5.14. The van der Waals surface area contributed by atoms with Gasteiger partial charge in [-0.05, 0) is 48.8 Å². The van der Waals surface area contributed by atoms with Gasteiger partial charge in [0.1, 0.15) is 11.9 Å². The Hall–Kier alpha value is -2.58. The van der Waals surface area contributed by atoms with Crippen LogP contribution in [0.4, 0.5) is 0 Å². The largest absolute Gasteiger partial charge is 0.497 e. The van der Waals surface area contributed by atoms with Crippen LogP contribution in [0.15, 0.2) is 23.4 Å². The highest BCUT2D eigenvalue weighted by Gasteiger charge is 2.52. The minimum Gasteiger partial charge on any atom is -0.497 e. The van der Waals surface area contributed by atoms with Crippen molar-refractivity contribution in [2.24, 2.45) is 22.9 Å². The Labute approximate surface area is 181 Å². The van der Waals surface area contributed by atoms with E-state index in [1.54, 1.807) is 14.2 Å². The molecule has 31 heavy (non-hydrogen) atoms. The minimum atomic E-state index is -0.555. The summed E-state index contributed by atoms with van der Waals surface area (Å²) in [5, 5.41) is 14.3. The standard InChI is InChI=1S/C23H29N3O5/c1-29-13-4-5-14-15-6-7-26-11-12-8-18(25-28)22(30-2)20(23(27)31-3)16(12)10-19(26)21(15)24-17(14)9-13/h4-5,9,12,16,19-20,22,24,28H,6-8,10-11H2,1-3H3/b25-18-/t12-,16+,19-,20+,22+/m1/s1. The van der Waals surface area contributed by atoms with Crippen molar-refractivity contribution in [3.63, 3.8) is 0 Å². The second-order valence-electron chi connectivity index (χ2n) is 8.85. The molecule has 0 bridgehead atoms. The lowest BCUT2D eigenvalue weighted by Gasteiger charge is -2.51. The number of piperidine rings is 1. The fraction of sp³-hybridized carbons (Fsp3) is 0.565. The highest BCUT2D eigenvalue weighted by molar-refractivity contribution is 5.94. The molecule has 5 atom stereocenters. The first kappa shape index (κ1) is 20.3. The lowest BCUT2D eigenvalue weighted by molar-refractivity contribution is -0.156. The number of hydrogen-bond donors (Lipinski definition) is 2. The molecule has 0 unspecified atom stereocenters. The Morgan fingerprint density at radius 3 is 2.84 bits per heavy atom. The Morgan fingerprint density at radius 1 is 1.29 bits per heavy atom. The first-order valence-electron chi connectivity index (χ1n) is 10.8. The molecule has 3 aliphatic rings. The van der Waals surface area contributed by atoms with E-state index in [-0.39, 0.29) is 23.8 Å². The van der Waals surface area contributed by atoms with Crippen LogP contribution in [-0.4, -0.2) is 67.3 Å². The van der Waals surface area contributed by atoms with Crippen LogP contribution in [0.3, 0.4) is 0 Å². The number of ether oxygens (including phenoxy) is 3. The zero-order valence-corrected chi connectivity index (χ0v) is 18.1. The summed E-state index contributed by atoms with van der Waals surface area (Å²) in [7, 11) is 4.65. The second-order valence-corrected chi connectivity index (χ2v) is 8.85. The van der Waals surface area contributed by atoms with E-state index in [0.717, 1.165) is 37.2 Å². The minimum absolute atomic E-state index is 0.0936. The molecule has 0 radical (unpaired) electrons. The fourth-order valence-electron chi connectivity index (χ4n) is 6.19. The summed E-state index contributed by atoms with van der Waals surface area (Å²) in [5.41, 5.74) is 4.23. The average molecular weight is 428 g/mol. The molecule has 8 heteroatoms. The van der Waals surface area contributed by atoms with Crippen LogP contribution in [0.5, 0.6) is 5.75 Å². The van der Waals surface area contributed by atoms with E-state index >= 15 is 0 Å². The highest BCUT2D eigenvalue weighted by Crippen LogP contribution is 2.49. The van der Waals surface area contributed by atoms with Gasteiger partial charge in [-0.15, -0.1) is 0 Å². The van der Waals surface area contributed by atoms with Crippen LogP contribution >= 0.6 is 0 Å². The third kappa shape index (κ3) is 3.11. The molecule has 1 aliphatic carbocycles. The number of aromatic nitrogens is 1. The molecule has 0 amide bonds. The number of oxime groups is 1. The van der Waals surface area contributed by atoms with Gasteiger partial charge in [-0.2, -0.15) is 0 Å². The van der Waals surface area contributed by atoms with Crippen molar-refractivity contribution >= 4 is 22.6 Å². The number of methoxy groups -OCH3 is 3. The van der Waals surface area contributed by atoms with Gasteiger partial charge in [0.05, 0.1) is 31.9 Å². The summed E-state index contributed by atoms with van der Waals surface area (Å²) < 4.78 is 16.2. The number of rotatable bonds is 3. The second kappa shape index (κ2) is 7.84. The summed E-state index contributed by atoms with van der Waals surface area (Å²) in [5.74, 6) is 0.383. The molecule has 1 aromatic carbocycles. The number of nitrogens with zero attached hydrogens (tertiary/aromatic N) is 2. The van der Waals surface area contributed by atoms with Gasteiger partial charge in [0.2, 0.25) is 0 Å². The molecule has 1 saturated heterocycles. The van der Waals surface area contributed by atoms with E-state index in [4.69, 9.17) is 14.2 Å². The van der Waals surface area contributed by atoms with Crippen LogP contribution in [0.25, 0.3) is 10.9 Å². The Balaban J connectivity index is 1.53. The quantitative estimate of drug-likeness (QED) is 0.444. The SMILES string of the molecule is COC(=O)[C@H]1[C@H]2C[C@@H]3c4[nH]c5cc(OC)ccc5c4CCN3C[C@H]2C/C(=N/O)[C@@H]1OC. The van der Waals surface area contributed by atoms with Crippen molar-refractivity contribution in [3.05, 3.63) is 29.5 Å². The lowest BCUT2D eigenvalue weighted by atomic mass is 9.64. The van der Waals surface area contributed by atoms with Crippen molar-refractivity contribution < 1.29 is 24.2 Å². The zero-order chi connectivity index (χ0) is 21.7. The van der Waals surface area contributed by atoms with E-state index in [0.29, 0.717) is 12.1 Å². The van der Waals surface area contributed by atoms with Crippen molar-refractivity contribution in [3.8, 4) is 5.75 Å². The molecule has 2 aliphatic heterocycles. The number of hydrogen-bond acceptors (Lipinski definition) is 7. The number of aromatic amines is 1. The maximum absolute atomic E-state index is 12.8. The molecular formula is C23H29N3O5. The van der Waals surface area contributed by atoms with Crippen LogP contribution < -0.4 is 4.74 Å². The van der Waals surface area contributed by atoms with Gasteiger partial charge in [0.25, 0.3) is 0 Å². The normalized spacial score (nSPS) is 31.7. The number of nitrogens with one attached hydrogen (secondary N) is 1. The van der Waals surface area contributed by atoms with E-state index < -0.39 is 12.0 Å². The predicted octanol–water partition coefficient (Wildman–Crippen LogP) is 2.75. The third-order valence-corrected chi connectivity index (χ3v) is 7.58. The van der Waals surface area contributed by atoms with Gasteiger partial charge in [0.15, 0.2) is 0 Å². The topological polar surface area (TPSA) is 96.4 Å². The number of H-pyrrole nitrogens is 1. The zero-order valence-electron chi connectivity index (χ0n) is 18.1. The summed E-state index contributed by atoms with van der Waals surface area (Å²) in [6, 6.07) is 6.40. The van der Waals surface area contributed by atoms with E-state index in [9.17, 15) is 10.0 Å². The first-order valence-corrected chi connectivity index (χ1v) is 10.8. The number of fused-ring (bicyclic) bond motifs is 6. The molecule has 0 spiro atoms. The van der Waals surface area contributed by atoms with Crippen LogP contribution in [-0.2, 0) is 20.7 Å². The summed E-state index contributed by atoms with van der Waals surface area (Å²) in [4.78, 5) is 19.0. The molecule has 166 valence electrons. The smallest absolute Gasteiger partial charge is 0.312 e. The maximum atomic E-state index is 12.8. The molecule has 1 aromatic heterocycles. The van der Waals surface area contributed by atoms with Crippen LogP contribution in [0.1, 0.15) is 30.1 Å². The van der Waals surface area contributed by atoms with E-state index in [1.165, 1.54) is 23.8 Å². The lowest BCUT2D eigenvalue weighted by Crippen LogP contribution is -2.56. The van der Waals surface area contributed by atoms with Gasteiger partial charge in [-0.1, -0.05) is 5.16 Å². The predicted molar refractivity (Wildman–Crippen MR) is 115 cm³/mol. The van der Waals surface area contributed by atoms with Crippen LogP contribution in [0, 0.1) is 17.8 Å². The number of esters is 1. The highest BCUT2D eigenvalue weighted by atomic mass is 16.5. The molecule has 5 rings (SSSR count). The molecule has 2 fully saturated rings. The third-order valence-electron chi connectivity index (χ3n) is 7.58. The van der Waals surface area contributed by atoms with Crippen LogP contribution in [0.2, 0.25) is 0 Å². The molecule has 1 saturated carbocycles. The molecule has 2 N–H and O–H groups in total. The summed E-state index contributed by atoms with van der Waals surface area (Å²) >= 11 is 0. The fourth-order valence-corrected chi connectivity index (χ4v) is 6.19.